The van der Waals surface area contributed by atoms with Gasteiger partial charge < -0.3 is 10.4 Å². The van der Waals surface area contributed by atoms with Gasteiger partial charge >= 0.3 is 5.97 Å². The minimum Gasteiger partial charge on any atom is -0.475 e. The Labute approximate surface area is 111 Å². The van der Waals surface area contributed by atoms with Crippen LogP contribution in [-0.4, -0.2) is 27.6 Å². The molecule has 5 nitrogen and oxygen atoms in total. The lowest BCUT2D eigenvalue weighted by Gasteiger charge is -2.19. The number of aromatic nitrogens is 2. The minimum atomic E-state index is -1.12. The molecule has 0 saturated heterocycles. The SMILES string of the molecule is CC(C)(C)CNc1nc(C(=O)O)nc2ccccc12. The molecule has 2 N–H and O–H groups in total. The highest BCUT2D eigenvalue weighted by molar-refractivity contribution is 5.93. The fourth-order valence-corrected chi connectivity index (χ4v) is 1.66. The number of anilines is 1. The lowest BCUT2D eigenvalue weighted by Crippen LogP contribution is -2.20. The summed E-state index contributed by atoms with van der Waals surface area (Å²) in [6.45, 7) is 7.00. The third kappa shape index (κ3) is 3.19. The summed E-state index contributed by atoms with van der Waals surface area (Å²) in [4.78, 5) is 19.2. The normalized spacial score (nSPS) is 11.5. The Morgan fingerprint density at radius 1 is 1.26 bits per heavy atom. The van der Waals surface area contributed by atoms with E-state index >= 15 is 0 Å². The van der Waals surface area contributed by atoms with Gasteiger partial charge in [-0.3, -0.25) is 0 Å². The molecule has 0 aliphatic rings. The van der Waals surface area contributed by atoms with Gasteiger partial charge in [0.1, 0.15) is 5.82 Å². The lowest BCUT2D eigenvalue weighted by atomic mass is 9.97. The van der Waals surface area contributed by atoms with Crippen LogP contribution in [0.2, 0.25) is 0 Å². The van der Waals surface area contributed by atoms with Crippen molar-refractivity contribution in [1.29, 1.82) is 0 Å². The number of nitrogens with zero attached hydrogens (tertiary/aromatic N) is 2. The van der Waals surface area contributed by atoms with Crippen molar-refractivity contribution in [1.82, 2.24) is 9.97 Å². The molecule has 1 heterocycles. The summed E-state index contributed by atoms with van der Waals surface area (Å²) in [7, 11) is 0. The summed E-state index contributed by atoms with van der Waals surface area (Å²) in [6.07, 6.45) is 0. The number of fused-ring (bicyclic) bond motifs is 1. The molecular formula is C14H17N3O2. The highest BCUT2D eigenvalue weighted by atomic mass is 16.4. The molecule has 0 aliphatic carbocycles. The van der Waals surface area contributed by atoms with E-state index in [9.17, 15) is 4.79 Å². The zero-order chi connectivity index (χ0) is 14.0. The molecule has 19 heavy (non-hydrogen) atoms. The molecule has 0 saturated carbocycles. The molecule has 0 bridgehead atoms. The third-order valence-corrected chi connectivity index (χ3v) is 2.58. The van der Waals surface area contributed by atoms with Gasteiger partial charge in [-0.1, -0.05) is 32.9 Å². The summed E-state index contributed by atoms with van der Waals surface area (Å²) >= 11 is 0. The van der Waals surface area contributed by atoms with E-state index in [4.69, 9.17) is 5.11 Å². The number of para-hydroxylation sites is 1. The van der Waals surface area contributed by atoms with Crippen LogP contribution in [0.1, 0.15) is 31.4 Å². The molecule has 0 radical (unpaired) electrons. The topological polar surface area (TPSA) is 75.1 Å². The number of benzene rings is 1. The van der Waals surface area contributed by atoms with Crippen LogP contribution in [0.25, 0.3) is 10.9 Å². The number of carbonyl (C=O) groups is 1. The summed E-state index contributed by atoms with van der Waals surface area (Å²) < 4.78 is 0. The Morgan fingerprint density at radius 3 is 2.58 bits per heavy atom. The third-order valence-electron chi connectivity index (χ3n) is 2.58. The zero-order valence-electron chi connectivity index (χ0n) is 11.3. The molecule has 100 valence electrons. The molecular weight excluding hydrogens is 242 g/mol. The first-order valence-electron chi connectivity index (χ1n) is 6.11. The Bertz CT molecular complexity index is 618. The average Bonchev–Trinajstić information content (AvgIpc) is 2.34. The molecule has 1 aromatic carbocycles. The maximum absolute atomic E-state index is 11.0. The summed E-state index contributed by atoms with van der Waals surface area (Å²) in [5.41, 5.74) is 0.710. The van der Waals surface area contributed by atoms with Crippen LogP contribution in [0.5, 0.6) is 0 Å². The maximum Gasteiger partial charge on any atom is 0.374 e. The monoisotopic (exact) mass is 259 g/mol. The van der Waals surface area contributed by atoms with E-state index < -0.39 is 5.97 Å². The summed E-state index contributed by atoms with van der Waals surface area (Å²) in [5.74, 6) is -0.738. The lowest BCUT2D eigenvalue weighted by molar-refractivity contribution is 0.0684. The number of aromatic carboxylic acids is 1. The number of hydrogen-bond donors (Lipinski definition) is 2. The van der Waals surface area contributed by atoms with E-state index in [-0.39, 0.29) is 11.2 Å². The highest BCUT2D eigenvalue weighted by Gasteiger charge is 2.15. The first-order valence-corrected chi connectivity index (χ1v) is 6.11. The van der Waals surface area contributed by atoms with Crippen molar-refractivity contribution in [2.75, 3.05) is 11.9 Å². The van der Waals surface area contributed by atoms with Crippen LogP contribution < -0.4 is 5.32 Å². The van der Waals surface area contributed by atoms with Gasteiger partial charge in [-0.05, 0) is 17.5 Å². The molecule has 0 fully saturated rings. The van der Waals surface area contributed by atoms with Crippen molar-refractivity contribution < 1.29 is 9.90 Å². The molecule has 0 atom stereocenters. The van der Waals surface area contributed by atoms with Crippen molar-refractivity contribution in [2.24, 2.45) is 5.41 Å². The van der Waals surface area contributed by atoms with Crippen LogP contribution in [0.4, 0.5) is 5.82 Å². The molecule has 0 spiro atoms. The van der Waals surface area contributed by atoms with Crippen LogP contribution in [0, 0.1) is 5.41 Å². The second kappa shape index (κ2) is 4.84. The number of carboxylic acids is 1. The first kappa shape index (κ1) is 13.3. The molecule has 0 amide bonds. The summed E-state index contributed by atoms with van der Waals surface area (Å²) in [6, 6.07) is 7.38. The van der Waals surface area contributed by atoms with Gasteiger partial charge in [0.2, 0.25) is 5.82 Å². The number of rotatable bonds is 3. The summed E-state index contributed by atoms with van der Waals surface area (Å²) in [5, 5.41) is 13.1. The van der Waals surface area contributed by atoms with Crippen molar-refractivity contribution in [3.63, 3.8) is 0 Å². The Kier molecular flexibility index (Phi) is 3.38. The van der Waals surface area contributed by atoms with Crippen molar-refractivity contribution in [2.45, 2.75) is 20.8 Å². The number of nitrogens with one attached hydrogen (secondary N) is 1. The van der Waals surface area contributed by atoms with Gasteiger partial charge in [-0.2, -0.15) is 0 Å². The predicted octanol–water partition coefficient (Wildman–Crippen LogP) is 2.79. The Balaban J connectivity index is 2.47. The van der Waals surface area contributed by atoms with Crippen molar-refractivity contribution in [3.8, 4) is 0 Å². The fraction of sp³-hybridized carbons (Fsp3) is 0.357. The van der Waals surface area contributed by atoms with E-state index in [1.165, 1.54) is 0 Å². The van der Waals surface area contributed by atoms with E-state index in [1.54, 1.807) is 6.07 Å². The van der Waals surface area contributed by atoms with Crippen LogP contribution in [0.15, 0.2) is 24.3 Å². The van der Waals surface area contributed by atoms with E-state index in [0.717, 1.165) is 5.39 Å². The average molecular weight is 259 g/mol. The second-order valence-corrected chi connectivity index (χ2v) is 5.63. The minimum absolute atomic E-state index is 0.0788. The molecule has 2 rings (SSSR count). The molecule has 5 heteroatoms. The quantitative estimate of drug-likeness (QED) is 0.886. The second-order valence-electron chi connectivity index (χ2n) is 5.63. The van der Waals surface area contributed by atoms with Gasteiger partial charge in [-0.15, -0.1) is 0 Å². The van der Waals surface area contributed by atoms with Gasteiger partial charge in [-0.25, -0.2) is 14.8 Å². The Morgan fingerprint density at radius 2 is 1.95 bits per heavy atom. The highest BCUT2D eigenvalue weighted by Crippen LogP contribution is 2.22. The van der Waals surface area contributed by atoms with E-state index in [0.29, 0.717) is 17.9 Å². The smallest absolute Gasteiger partial charge is 0.374 e. The van der Waals surface area contributed by atoms with Crippen molar-refractivity contribution in [3.05, 3.63) is 30.1 Å². The van der Waals surface area contributed by atoms with Gasteiger partial charge in [0.05, 0.1) is 5.52 Å². The first-order chi connectivity index (χ1) is 8.87. The molecule has 0 aliphatic heterocycles. The fourth-order valence-electron chi connectivity index (χ4n) is 1.66. The van der Waals surface area contributed by atoms with E-state index in [1.807, 2.05) is 18.2 Å². The number of carboxylic acid groups (broad SMARTS) is 1. The zero-order valence-corrected chi connectivity index (χ0v) is 11.3. The van der Waals surface area contributed by atoms with Gasteiger partial charge in [0, 0.05) is 11.9 Å². The largest absolute Gasteiger partial charge is 0.475 e. The van der Waals surface area contributed by atoms with Crippen LogP contribution in [-0.2, 0) is 0 Å². The van der Waals surface area contributed by atoms with Gasteiger partial charge in [0.15, 0.2) is 0 Å². The van der Waals surface area contributed by atoms with Crippen LogP contribution >= 0.6 is 0 Å². The standard InChI is InChI=1S/C14H17N3O2/c1-14(2,3)8-15-11-9-6-4-5-7-10(9)16-12(17-11)13(18)19/h4-7H,8H2,1-3H3,(H,18,19)(H,15,16,17). The maximum atomic E-state index is 11.0. The Hall–Kier alpha value is -2.17. The van der Waals surface area contributed by atoms with E-state index in [2.05, 4.69) is 36.1 Å². The van der Waals surface area contributed by atoms with Gasteiger partial charge in [0.25, 0.3) is 0 Å². The molecule has 2 aromatic rings. The molecule has 1 aromatic heterocycles. The molecule has 0 unspecified atom stereocenters. The van der Waals surface area contributed by atoms with Crippen LogP contribution in [0.3, 0.4) is 0 Å². The van der Waals surface area contributed by atoms with Crippen molar-refractivity contribution >= 4 is 22.7 Å². The predicted molar refractivity (Wildman–Crippen MR) is 74.4 cm³/mol. The number of hydrogen-bond acceptors (Lipinski definition) is 4.